The van der Waals surface area contributed by atoms with Crippen LogP contribution in [0.1, 0.15) is 18.7 Å². The highest BCUT2D eigenvalue weighted by Crippen LogP contribution is 2.35. The van der Waals surface area contributed by atoms with Crippen LogP contribution in [0.15, 0.2) is 42.9 Å². The summed E-state index contributed by atoms with van der Waals surface area (Å²) in [5, 5.41) is 14.9. The first kappa shape index (κ1) is 24.1. The van der Waals surface area contributed by atoms with E-state index in [2.05, 4.69) is 20.3 Å². The molecule has 0 bridgehead atoms. The maximum atomic E-state index is 13.5. The van der Waals surface area contributed by atoms with Crippen molar-refractivity contribution in [3.8, 4) is 11.5 Å². The number of imidazole rings is 1. The zero-order chi connectivity index (χ0) is 24.9. The van der Waals surface area contributed by atoms with Crippen molar-refractivity contribution in [2.24, 2.45) is 0 Å². The molecule has 0 aliphatic heterocycles. The summed E-state index contributed by atoms with van der Waals surface area (Å²) in [5.41, 5.74) is 1.20. The molecular weight excluding hydrogens is 479 g/mol. The minimum absolute atomic E-state index is 0.00438. The lowest BCUT2D eigenvalue weighted by atomic mass is 10.2. The number of anilines is 2. The van der Waals surface area contributed by atoms with Gasteiger partial charge in [-0.2, -0.15) is 0 Å². The Morgan fingerprint density at radius 1 is 1.17 bits per heavy atom. The molecule has 0 atom stereocenters. The summed E-state index contributed by atoms with van der Waals surface area (Å²) < 4.78 is 26.5. The molecule has 0 saturated heterocycles. The highest BCUT2D eigenvalue weighted by atomic mass is 35.5. The Kier molecular flexibility index (Phi) is 7.25. The van der Waals surface area contributed by atoms with Crippen LogP contribution >= 0.6 is 11.6 Å². The number of unbranched alkanes of at least 4 members (excludes halogenated alkanes) is 1. The van der Waals surface area contributed by atoms with Gasteiger partial charge in [-0.1, -0.05) is 11.6 Å². The van der Waals surface area contributed by atoms with E-state index in [-0.39, 0.29) is 10.8 Å². The summed E-state index contributed by atoms with van der Waals surface area (Å²) in [5.74, 6) is 1.56. The number of hydrogen-bond donors (Lipinski definition) is 1. The van der Waals surface area contributed by atoms with Gasteiger partial charge in [0.1, 0.15) is 24.2 Å². The summed E-state index contributed by atoms with van der Waals surface area (Å²) in [7, 11) is 1.54. The van der Waals surface area contributed by atoms with Gasteiger partial charge in [0, 0.05) is 24.1 Å². The molecule has 0 unspecified atom stereocenters. The molecule has 0 amide bonds. The van der Waals surface area contributed by atoms with Crippen LogP contribution in [0, 0.1) is 22.9 Å². The van der Waals surface area contributed by atoms with E-state index >= 15 is 0 Å². The van der Waals surface area contributed by atoms with Gasteiger partial charge in [-0.05, 0) is 42.0 Å². The van der Waals surface area contributed by atoms with E-state index in [1.54, 1.807) is 29.7 Å². The number of nitro groups is 1. The molecule has 1 N–H and O–H groups in total. The Morgan fingerprint density at radius 2 is 2.00 bits per heavy atom. The predicted molar refractivity (Wildman–Crippen MR) is 129 cm³/mol. The number of hydrogen-bond acceptors (Lipinski definition) is 8. The number of fused-ring (bicyclic) bond motifs is 1. The summed E-state index contributed by atoms with van der Waals surface area (Å²) >= 11 is 5.89. The number of methoxy groups -OCH3 is 1. The lowest BCUT2D eigenvalue weighted by Gasteiger charge is -2.14. The third-order valence-electron chi connectivity index (χ3n) is 5.36. The van der Waals surface area contributed by atoms with E-state index in [4.69, 9.17) is 21.1 Å². The minimum atomic E-state index is -0.511. The molecule has 0 aliphatic carbocycles. The molecule has 182 valence electrons. The highest BCUT2D eigenvalue weighted by Gasteiger charge is 2.17. The van der Waals surface area contributed by atoms with Crippen molar-refractivity contribution in [1.82, 2.24) is 19.5 Å². The average Bonchev–Trinajstić information content (AvgIpc) is 3.21. The second-order valence-corrected chi connectivity index (χ2v) is 8.03. The molecule has 12 heteroatoms. The van der Waals surface area contributed by atoms with Crippen LogP contribution in [0.25, 0.3) is 10.9 Å². The first-order chi connectivity index (χ1) is 16.9. The molecule has 0 fully saturated rings. The molecule has 2 heterocycles. The SMILES string of the molecule is COc1cc2ncnc(Nc3ccc(F)c(Cl)c3)c2cc1OCCCCn1c([N+](=O)[O-])cnc1C. The number of rotatable bonds is 10. The van der Waals surface area contributed by atoms with E-state index in [1.165, 1.54) is 31.8 Å². The molecule has 0 spiro atoms. The van der Waals surface area contributed by atoms with Gasteiger partial charge in [0.15, 0.2) is 17.3 Å². The molecule has 2 aromatic carbocycles. The van der Waals surface area contributed by atoms with Gasteiger partial charge < -0.3 is 24.9 Å². The first-order valence-electron chi connectivity index (χ1n) is 10.7. The van der Waals surface area contributed by atoms with Gasteiger partial charge in [-0.3, -0.25) is 0 Å². The maximum Gasteiger partial charge on any atom is 0.342 e. The Morgan fingerprint density at radius 3 is 2.74 bits per heavy atom. The van der Waals surface area contributed by atoms with Crippen molar-refractivity contribution in [3.63, 3.8) is 0 Å². The van der Waals surface area contributed by atoms with E-state index in [9.17, 15) is 14.5 Å². The number of benzene rings is 2. The third-order valence-corrected chi connectivity index (χ3v) is 5.65. The van der Waals surface area contributed by atoms with Gasteiger partial charge in [0.25, 0.3) is 0 Å². The number of ether oxygens (including phenoxy) is 2. The van der Waals surface area contributed by atoms with Crippen molar-refractivity contribution in [2.45, 2.75) is 26.3 Å². The number of aromatic nitrogens is 4. The van der Waals surface area contributed by atoms with Crippen LogP contribution in [0.4, 0.5) is 21.7 Å². The van der Waals surface area contributed by atoms with Gasteiger partial charge in [-0.25, -0.2) is 23.9 Å². The molecule has 0 saturated carbocycles. The van der Waals surface area contributed by atoms with Gasteiger partial charge in [-0.15, -0.1) is 0 Å². The smallest absolute Gasteiger partial charge is 0.342 e. The molecule has 2 aromatic heterocycles. The van der Waals surface area contributed by atoms with Crippen LogP contribution in [-0.4, -0.2) is 38.2 Å². The van der Waals surface area contributed by atoms with Crippen LogP contribution < -0.4 is 14.8 Å². The lowest BCUT2D eigenvalue weighted by molar-refractivity contribution is -0.392. The number of aryl methyl sites for hydroxylation is 1. The Bertz CT molecular complexity index is 1380. The van der Waals surface area contributed by atoms with Crippen LogP contribution in [0.2, 0.25) is 5.02 Å². The molecule has 4 rings (SSSR count). The monoisotopic (exact) mass is 500 g/mol. The van der Waals surface area contributed by atoms with E-state index in [1.807, 2.05) is 0 Å². The predicted octanol–water partition coefficient (Wildman–Crippen LogP) is 5.45. The van der Waals surface area contributed by atoms with Crippen molar-refractivity contribution in [2.75, 3.05) is 19.0 Å². The normalized spacial score (nSPS) is 11.0. The fraction of sp³-hybridized carbons (Fsp3) is 0.261. The largest absolute Gasteiger partial charge is 0.493 e. The zero-order valence-electron chi connectivity index (χ0n) is 19.0. The van der Waals surface area contributed by atoms with Crippen molar-refractivity contribution >= 4 is 39.8 Å². The molecule has 0 aliphatic rings. The molecule has 0 radical (unpaired) electrons. The second kappa shape index (κ2) is 10.5. The van der Waals surface area contributed by atoms with E-state index < -0.39 is 10.7 Å². The highest BCUT2D eigenvalue weighted by molar-refractivity contribution is 6.31. The molecule has 4 aromatic rings. The summed E-state index contributed by atoms with van der Waals surface area (Å²) in [6, 6.07) is 7.81. The topological polar surface area (TPSA) is 117 Å². The number of nitrogens with one attached hydrogen (secondary N) is 1. The average molecular weight is 501 g/mol. The summed E-state index contributed by atoms with van der Waals surface area (Å²) in [4.78, 5) is 23.3. The zero-order valence-corrected chi connectivity index (χ0v) is 19.8. The maximum absolute atomic E-state index is 13.5. The van der Waals surface area contributed by atoms with Crippen molar-refractivity contribution in [1.29, 1.82) is 0 Å². The molecular formula is C23H22ClFN6O4. The van der Waals surface area contributed by atoms with Gasteiger partial charge in [0.05, 0.1) is 30.8 Å². The Labute approximate surface area is 204 Å². The van der Waals surface area contributed by atoms with Crippen LogP contribution in [0.5, 0.6) is 11.5 Å². The summed E-state index contributed by atoms with van der Waals surface area (Å²) in [6.07, 6.45) is 3.99. The van der Waals surface area contributed by atoms with E-state index in [0.29, 0.717) is 65.7 Å². The van der Waals surface area contributed by atoms with Gasteiger partial charge in [0.2, 0.25) is 0 Å². The number of nitrogens with zero attached hydrogens (tertiary/aromatic N) is 5. The third kappa shape index (κ3) is 5.40. The van der Waals surface area contributed by atoms with Crippen LogP contribution in [0.3, 0.4) is 0 Å². The fourth-order valence-electron chi connectivity index (χ4n) is 3.58. The Hall–Kier alpha value is -3.99. The first-order valence-corrected chi connectivity index (χ1v) is 11.1. The lowest BCUT2D eigenvalue weighted by Crippen LogP contribution is -2.07. The molecule has 10 nitrogen and oxygen atoms in total. The molecule has 35 heavy (non-hydrogen) atoms. The van der Waals surface area contributed by atoms with Gasteiger partial charge >= 0.3 is 5.82 Å². The quantitative estimate of drug-likeness (QED) is 0.173. The van der Waals surface area contributed by atoms with Crippen LogP contribution in [-0.2, 0) is 6.54 Å². The van der Waals surface area contributed by atoms with E-state index in [0.717, 1.165) is 0 Å². The fourth-order valence-corrected chi connectivity index (χ4v) is 3.76. The second-order valence-electron chi connectivity index (χ2n) is 7.62. The standard InChI is InChI=1S/C23H22ClFN6O4/c1-14-26-12-22(31(32)33)30(14)7-3-4-8-35-21-10-16-19(11-20(21)34-2)27-13-28-23(16)29-15-5-6-18(25)17(24)9-15/h5-6,9-13H,3-4,7-8H2,1-2H3,(H,27,28,29). The van der Waals surface area contributed by atoms with Crippen molar-refractivity contribution in [3.05, 3.63) is 69.6 Å². The minimum Gasteiger partial charge on any atom is -0.493 e. The Balaban J connectivity index is 1.47. The van der Waals surface area contributed by atoms with Crippen molar-refractivity contribution < 1.29 is 18.8 Å². The summed E-state index contributed by atoms with van der Waals surface area (Å²) in [6.45, 7) is 2.56. The number of halogens is 2.